The number of nitrogens with zero attached hydrogens (tertiary/aromatic N) is 1. The topological polar surface area (TPSA) is 12.5 Å². The number of ether oxygens (including phenoxy) is 1. The molecular formula is C7H15NO+. The summed E-state index contributed by atoms with van der Waals surface area (Å²) in [6.45, 7) is 6.87. The highest BCUT2D eigenvalue weighted by Crippen LogP contribution is 2.12. The maximum absolute atomic E-state index is 5.10. The van der Waals surface area contributed by atoms with Crippen LogP contribution in [0, 0.1) is 6.92 Å². The Kier molecular flexibility index (Phi) is 1.78. The monoisotopic (exact) mass is 129 g/mol. The Morgan fingerprint density at radius 3 is 2.56 bits per heavy atom. The SMILES string of the molecule is [CH2]C[N+](C)(C)CC1CO1. The molecule has 1 fully saturated rings. The zero-order valence-corrected chi connectivity index (χ0v) is 6.26. The van der Waals surface area contributed by atoms with Crippen LogP contribution in [0.3, 0.4) is 0 Å². The molecule has 0 aliphatic carbocycles. The molecule has 53 valence electrons. The highest BCUT2D eigenvalue weighted by atomic mass is 16.6. The van der Waals surface area contributed by atoms with Crippen molar-refractivity contribution in [3.8, 4) is 0 Å². The predicted octanol–water partition coefficient (Wildman–Crippen LogP) is 0.296. The summed E-state index contributed by atoms with van der Waals surface area (Å²) in [5, 5.41) is 0. The van der Waals surface area contributed by atoms with Crippen molar-refractivity contribution in [2.45, 2.75) is 6.10 Å². The molecule has 1 aliphatic rings. The number of epoxide rings is 1. The van der Waals surface area contributed by atoms with E-state index in [4.69, 9.17) is 4.74 Å². The van der Waals surface area contributed by atoms with Crippen LogP contribution in [-0.4, -0.2) is 44.4 Å². The first-order chi connectivity index (χ1) is 4.14. The summed E-state index contributed by atoms with van der Waals surface area (Å²) < 4.78 is 6.08. The summed E-state index contributed by atoms with van der Waals surface area (Å²) in [6.07, 6.45) is 0.529. The molecule has 1 aliphatic heterocycles. The lowest BCUT2D eigenvalue weighted by atomic mass is 10.4. The van der Waals surface area contributed by atoms with E-state index in [2.05, 4.69) is 21.0 Å². The molecule has 0 spiro atoms. The first-order valence-electron chi connectivity index (χ1n) is 3.37. The van der Waals surface area contributed by atoms with E-state index in [0.29, 0.717) is 6.10 Å². The van der Waals surface area contributed by atoms with Gasteiger partial charge in [-0.3, -0.25) is 0 Å². The molecule has 0 N–H and O–H groups in total. The molecule has 0 aromatic carbocycles. The number of rotatable bonds is 3. The van der Waals surface area contributed by atoms with E-state index in [1.165, 1.54) is 0 Å². The van der Waals surface area contributed by atoms with Gasteiger partial charge in [-0.05, 0) is 0 Å². The van der Waals surface area contributed by atoms with Crippen LogP contribution < -0.4 is 0 Å². The first kappa shape index (κ1) is 7.03. The van der Waals surface area contributed by atoms with E-state index in [-0.39, 0.29) is 0 Å². The van der Waals surface area contributed by atoms with Crippen molar-refractivity contribution in [2.24, 2.45) is 0 Å². The lowest BCUT2D eigenvalue weighted by Crippen LogP contribution is -2.42. The summed E-state index contributed by atoms with van der Waals surface area (Å²) in [6, 6.07) is 0. The Morgan fingerprint density at radius 1 is 1.67 bits per heavy atom. The second-order valence-corrected chi connectivity index (χ2v) is 3.30. The lowest BCUT2D eigenvalue weighted by molar-refractivity contribution is -0.885. The Hall–Kier alpha value is -0.0800. The van der Waals surface area contributed by atoms with Gasteiger partial charge >= 0.3 is 0 Å². The second kappa shape index (κ2) is 2.27. The van der Waals surface area contributed by atoms with Crippen molar-refractivity contribution in [3.05, 3.63) is 6.92 Å². The van der Waals surface area contributed by atoms with Gasteiger partial charge in [0.05, 0.1) is 27.2 Å². The summed E-state index contributed by atoms with van der Waals surface area (Å²) >= 11 is 0. The van der Waals surface area contributed by atoms with Gasteiger partial charge in [0.15, 0.2) is 0 Å². The molecular weight excluding hydrogens is 114 g/mol. The van der Waals surface area contributed by atoms with Crippen molar-refractivity contribution in [1.82, 2.24) is 0 Å². The normalized spacial score (nSPS) is 26.3. The minimum Gasteiger partial charge on any atom is -0.367 e. The van der Waals surface area contributed by atoms with Crippen molar-refractivity contribution in [1.29, 1.82) is 0 Å². The predicted molar refractivity (Wildman–Crippen MR) is 36.9 cm³/mol. The van der Waals surface area contributed by atoms with E-state index in [0.717, 1.165) is 24.2 Å². The largest absolute Gasteiger partial charge is 0.367 e. The van der Waals surface area contributed by atoms with E-state index in [1.807, 2.05) is 0 Å². The highest BCUT2D eigenvalue weighted by molar-refractivity contribution is 4.67. The smallest absolute Gasteiger partial charge is 0.130 e. The van der Waals surface area contributed by atoms with Crippen LogP contribution in [0.4, 0.5) is 0 Å². The fourth-order valence-corrected chi connectivity index (χ4v) is 0.816. The standard InChI is InChI=1S/C7H15NO/c1-4-8(2,3)5-7-6-9-7/h7H,1,4-6H2,2-3H3/q+1. The molecule has 0 saturated carbocycles. The summed E-state index contributed by atoms with van der Waals surface area (Å²) in [5.41, 5.74) is 0. The molecule has 2 heteroatoms. The van der Waals surface area contributed by atoms with Crippen LogP contribution in [0.5, 0.6) is 0 Å². The Bertz CT molecular complexity index is 97.1. The minimum atomic E-state index is 0.529. The Labute approximate surface area is 57.0 Å². The van der Waals surface area contributed by atoms with Crippen LogP contribution in [0.15, 0.2) is 0 Å². The van der Waals surface area contributed by atoms with Crippen LogP contribution in [0.1, 0.15) is 0 Å². The van der Waals surface area contributed by atoms with Gasteiger partial charge in [-0.1, -0.05) is 0 Å². The van der Waals surface area contributed by atoms with Crippen molar-refractivity contribution in [3.63, 3.8) is 0 Å². The zero-order chi connectivity index (χ0) is 6.91. The average Bonchev–Trinajstić information content (AvgIpc) is 2.50. The van der Waals surface area contributed by atoms with E-state index < -0.39 is 0 Å². The first-order valence-corrected chi connectivity index (χ1v) is 3.37. The van der Waals surface area contributed by atoms with Crippen LogP contribution in [0.2, 0.25) is 0 Å². The molecule has 1 saturated heterocycles. The van der Waals surface area contributed by atoms with Gasteiger partial charge in [-0.25, -0.2) is 0 Å². The lowest BCUT2D eigenvalue weighted by Gasteiger charge is -2.26. The van der Waals surface area contributed by atoms with Gasteiger partial charge in [0, 0.05) is 6.92 Å². The van der Waals surface area contributed by atoms with Crippen molar-refractivity contribution < 1.29 is 9.22 Å². The second-order valence-electron chi connectivity index (χ2n) is 3.30. The minimum absolute atomic E-state index is 0.529. The zero-order valence-electron chi connectivity index (χ0n) is 6.26. The van der Waals surface area contributed by atoms with Crippen LogP contribution in [-0.2, 0) is 4.74 Å². The van der Waals surface area contributed by atoms with Crippen LogP contribution >= 0.6 is 0 Å². The molecule has 1 heterocycles. The average molecular weight is 129 g/mol. The van der Waals surface area contributed by atoms with Gasteiger partial charge in [0.2, 0.25) is 0 Å². The fraction of sp³-hybridized carbons (Fsp3) is 0.857. The third-order valence-corrected chi connectivity index (χ3v) is 1.71. The third kappa shape index (κ3) is 2.33. The maximum atomic E-state index is 5.10. The summed E-state index contributed by atoms with van der Waals surface area (Å²) in [5.74, 6) is 0. The molecule has 9 heavy (non-hydrogen) atoms. The van der Waals surface area contributed by atoms with Gasteiger partial charge in [0.25, 0.3) is 0 Å². The number of quaternary nitrogens is 1. The number of hydrogen-bond acceptors (Lipinski definition) is 1. The summed E-state index contributed by atoms with van der Waals surface area (Å²) in [7, 11) is 4.35. The van der Waals surface area contributed by atoms with Crippen LogP contribution in [0.25, 0.3) is 0 Å². The van der Waals surface area contributed by atoms with Crippen molar-refractivity contribution >= 4 is 0 Å². The van der Waals surface area contributed by atoms with E-state index in [1.54, 1.807) is 0 Å². The number of hydrogen-bond donors (Lipinski definition) is 0. The molecule has 0 aromatic heterocycles. The van der Waals surface area contributed by atoms with Gasteiger partial charge in [0.1, 0.15) is 12.6 Å². The van der Waals surface area contributed by atoms with Crippen molar-refractivity contribution in [2.75, 3.05) is 33.8 Å². The molecule has 0 amide bonds. The molecule has 1 unspecified atom stereocenters. The Balaban J connectivity index is 2.21. The molecule has 0 bridgehead atoms. The van der Waals surface area contributed by atoms with E-state index >= 15 is 0 Å². The molecule has 1 atom stereocenters. The number of likely N-dealkylation sites (N-methyl/N-ethyl adjacent to an activating group) is 1. The summed E-state index contributed by atoms with van der Waals surface area (Å²) in [4.78, 5) is 0. The third-order valence-electron chi connectivity index (χ3n) is 1.71. The quantitative estimate of drug-likeness (QED) is 0.394. The van der Waals surface area contributed by atoms with E-state index in [9.17, 15) is 0 Å². The molecule has 2 nitrogen and oxygen atoms in total. The molecule has 1 rings (SSSR count). The van der Waals surface area contributed by atoms with Gasteiger partial charge in [-0.2, -0.15) is 0 Å². The van der Waals surface area contributed by atoms with Gasteiger partial charge < -0.3 is 9.22 Å². The van der Waals surface area contributed by atoms with Gasteiger partial charge in [-0.15, -0.1) is 0 Å². The molecule has 0 aromatic rings. The molecule has 1 radical (unpaired) electrons. The Morgan fingerprint density at radius 2 is 2.22 bits per heavy atom. The fourth-order valence-electron chi connectivity index (χ4n) is 0.816. The maximum Gasteiger partial charge on any atom is 0.130 e. The highest BCUT2D eigenvalue weighted by Gasteiger charge is 2.30.